The van der Waals surface area contributed by atoms with Crippen LogP contribution in [0, 0.1) is 5.41 Å². The van der Waals surface area contributed by atoms with E-state index in [9.17, 15) is 5.11 Å². The molecule has 3 unspecified atom stereocenters. The van der Waals surface area contributed by atoms with Crippen LogP contribution >= 0.6 is 0 Å². The van der Waals surface area contributed by atoms with Crippen molar-refractivity contribution in [2.45, 2.75) is 58.7 Å². The topological polar surface area (TPSA) is 70.6 Å². The smallest absolute Gasteiger partial charge is 0.189 e. The first-order valence-electron chi connectivity index (χ1n) is 5.65. The molecule has 1 aliphatic rings. The highest BCUT2D eigenvalue weighted by molar-refractivity contribution is 5.78. The molecule has 88 valence electrons. The summed E-state index contributed by atoms with van der Waals surface area (Å²) in [6, 6.07) is 0.492. The Morgan fingerprint density at radius 2 is 2.27 bits per heavy atom. The molecule has 0 amide bonds. The van der Waals surface area contributed by atoms with E-state index in [0.717, 1.165) is 12.8 Å². The van der Waals surface area contributed by atoms with Gasteiger partial charge in [0, 0.05) is 11.5 Å². The molecule has 4 heteroatoms. The van der Waals surface area contributed by atoms with Gasteiger partial charge in [0.2, 0.25) is 0 Å². The number of hydrogen-bond acceptors (Lipinski definition) is 2. The van der Waals surface area contributed by atoms with Gasteiger partial charge in [-0.05, 0) is 19.8 Å². The predicted molar refractivity (Wildman–Crippen MR) is 62.7 cm³/mol. The second kappa shape index (κ2) is 4.39. The summed E-state index contributed by atoms with van der Waals surface area (Å²) in [7, 11) is 0. The lowest BCUT2D eigenvalue weighted by atomic mass is 9.65. The lowest BCUT2D eigenvalue weighted by Gasteiger charge is -2.47. The molecular formula is C11H23N3O. The summed E-state index contributed by atoms with van der Waals surface area (Å²) in [4.78, 5) is 4.40. The Hall–Kier alpha value is -0.770. The van der Waals surface area contributed by atoms with Crippen LogP contribution in [-0.2, 0) is 0 Å². The normalized spacial score (nSPS) is 31.9. The van der Waals surface area contributed by atoms with Gasteiger partial charge in [-0.1, -0.05) is 20.8 Å². The third kappa shape index (κ3) is 2.62. The molecule has 0 aromatic heterocycles. The fourth-order valence-corrected chi connectivity index (χ4v) is 1.66. The zero-order valence-corrected chi connectivity index (χ0v) is 10.1. The van der Waals surface area contributed by atoms with Gasteiger partial charge in [0.05, 0.1) is 12.1 Å². The average molecular weight is 213 g/mol. The maximum absolute atomic E-state index is 9.56. The second-order valence-corrected chi connectivity index (χ2v) is 5.06. The Balaban J connectivity index is 2.50. The zero-order valence-electron chi connectivity index (χ0n) is 10.1. The van der Waals surface area contributed by atoms with Gasteiger partial charge >= 0.3 is 0 Å². The third-order valence-corrected chi connectivity index (χ3v) is 3.47. The maximum Gasteiger partial charge on any atom is 0.189 e. The van der Waals surface area contributed by atoms with E-state index in [2.05, 4.69) is 24.2 Å². The molecule has 0 aromatic carbocycles. The molecule has 0 saturated heterocycles. The van der Waals surface area contributed by atoms with Gasteiger partial charge in [-0.2, -0.15) is 0 Å². The Labute approximate surface area is 92.0 Å². The number of aliphatic imine (C=N–C) groups is 1. The van der Waals surface area contributed by atoms with Crippen molar-refractivity contribution < 1.29 is 5.11 Å². The van der Waals surface area contributed by atoms with Gasteiger partial charge in [-0.15, -0.1) is 0 Å². The van der Waals surface area contributed by atoms with E-state index in [1.165, 1.54) is 0 Å². The molecule has 4 N–H and O–H groups in total. The summed E-state index contributed by atoms with van der Waals surface area (Å²) in [5, 5.41) is 12.7. The molecule has 1 saturated carbocycles. The number of guanidine groups is 1. The Kier molecular flexibility index (Phi) is 3.60. The van der Waals surface area contributed by atoms with E-state index >= 15 is 0 Å². The Bertz CT molecular complexity index is 250. The van der Waals surface area contributed by atoms with Crippen molar-refractivity contribution in [3.05, 3.63) is 0 Å². The van der Waals surface area contributed by atoms with E-state index in [1.807, 2.05) is 13.8 Å². The van der Waals surface area contributed by atoms with Crippen LogP contribution in [0.15, 0.2) is 4.99 Å². The van der Waals surface area contributed by atoms with E-state index in [0.29, 0.717) is 12.0 Å². The minimum absolute atomic E-state index is 0.137. The highest BCUT2D eigenvalue weighted by Gasteiger charge is 2.47. The predicted octanol–water partition coefficient (Wildman–Crippen LogP) is 0.849. The van der Waals surface area contributed by atoms with E-state index in [-0.39, 0.29) is 17.6 Å². The van der Waals surface area contributed by atoms with Crippen LogP contribution in [-0.4, -0.2) is 29.3 Å². The van der Waals surface area contributed by atoms with E-state index in [4.69, 9.17) is 5.73 Å². The monoisotopic (exact) mass is 213 g/mol. The summed E-state index contributed by atoms with van der Waals surface area (Å²) < 4.78 is 0. The molecule has 0 heterocycles. The number of rotatable bonds is 3. The number of nitrogens with two attached hydrogens (primary N) is 1. The van der Waals surface area contributed by atoms with Crippen molar-refractivity contribution >= 4 is 5.96 Å². The van der Waals surface area contributed by atoms with E-state index < -0.39 is 0 Å². The first-order valence-corrected chi connectivity index (χ1v) is 5.65. The van der Waals surface area contributed by atoms with Crippen LogP contribution in [0.25, 0.3) is 0 Å². The molecule has 0 spiro atoms. The molecule has 0 radical (unpaired) electrons. The molecular weight excluding hydrogens is 190 g/mol. The molecule has 1 rings (SSSR count). The third-order valence-electron chi connectivity index (χ3n) is 3.47. The lowest BCUT2D eigenvalue weighted by Crippen LogP contribution is -2.53. The van der Waals surface area contributed by atoms with Crippen LogP contribution in [0.3, 0.4) is 0 Å². The maximum atomic E-state index is 9.56. The van der Waals surface area contributed by atoms with Gasteiger partial charge in [-0.3, -0.25) is 0 Å². The molecule has 0 bridgehead atoms. The first kappa shape index (κ1) is 12.3. The molecule has 1 fully saturated rings. The quantitative estimate of drug-likeness (QED) is 0.481. The lowest BCUT2D eigenvalue weighted by molar-refractivity contribution is -0.0577. The standard InChI is InChI=1S/C11H23N3O/c1-5-7(2)13-10(12)14-8-6-9(15)11(8,3)4/h7-9,15H,5-6H2,1-4H3,(H3,12,13,14). The summed E-state index contributed by atoms with van der Waals surface area (Å²) in [6.45, 7) is 8.21. The minimum atomic E-state index is -0.248. The highest BCUT2D eigenvalue weighted by atomic mass is 16.3. The van der Waals surface area contributed by atoms with Crippen LogP contribution in [0.1, 0.15) is 40.5 Å². The van der Waals surface area contributed by atoms with Crippen molar-refractivity contribution in [1.82, 2.24) is 5.32 Å². The largest absolute Gasteiger partial charge is 0.392 e. The van der Waals surface area contributed by atoms with Gasteiger partial charge in [0.25, 0.3) is 0 Å². The fraction of sp³-hybridized carbons (Fsp3) is 0.909. The van der Waals surface area contributed by atoms with Crippen molar-refractivity contribution in [3.8, 4) is 0 Å². The molecule has 1 aliphatic carbocycles. The van der Waals surface area contributed by atoms with Crippen LogP contribution in [0.2, 0.25) is 0 Å². The number of aliphatic hydroxyl groups is 1. The van der Waals surface area contributed by atoms with Crippen LogP contribution in [0.4, 0.5) is 0 Å². The summed E-state index contributed by atoms with van der Waals surface area (Å²) in [5.74, 6) is 0.495. The van der Waals surface area contributed by atoms with Crippen molar-refractivity contribution in [2.75, 3.05) is 0 Å². The summed E-state index contributed by atoms with van der Waals surface area (Å²) in [6.07, 6.45) is 1.49. The zero-order chi connectivity index (χ0) is 11.6. The van der Waals surface area contributed by atoms with Crippen LogP contribution < -0.4 is 11.1 Å². The highest BCUT2D eigenvalue weighted by Crippen LogP contribution is 2.42. The second-order valence-electron chi connectivity index (χ2n) is 5.06. The average Bonchev–Trinajstić information content (AvgIpc) is 2.17. The van der Waals surface area contributed by atoms with Gasteiger partial charge in [0.15, 0.2) is 5.96 Å². The first-order chi connectivity index (χ1) is 6.87. The molecule has 4 nitrogen and oxygen atoms in total. The fourth-order valence-electron chi connectivity index (χ4n) is 1.66. The molecule has 15 heavy (non-hydrogen) atoms. The Morgan fingerprint density at radius 1 is 1.67 bits per heavy atom. The van der Waals surface area contributed by atoms with Crippen molar-refractivity contribution in [2.24, 2.45) is 16.1 Å². The minimum Gasteiger partial charge on any atom is -0.392 e. The molecule has 0 aromatic rings. The van der Waals surface area contributed by atoms with Gasteiger partial charge < -0.3 is 16.2 Å². The van der Waals surface area contributed by atoms with Gasteiger partial charge in [-0.25, -0.2) is 4.99 Å². The summed E-state index contributed by atoms with van der Waals surface area (Å²) in [5.41, 5.74) is 5.65. The number of hydrogen-bond donors (Lipinski definition) is 3. The Morgan fingerprint density at radius 3 is 2.67 bits per heavy atom. The molecule has 3 atom stereocenters. The number of aliphatic hydroxyl groups excluding tert-OH is 1. The van der Waals surface area contributed by atoms with E-state index in [1.54, 1.807) is 0 Å². The van der Waals surface area contributed by atoms with Crippen LogP contribution in [0.5, 0.6) is 0 Å². The summed E-state index contributed by atoms with van der Waals surface area (Å²) >= 11 is 0. The molecule has 0 aliphatic heterocycles. The van der Waals surface area contributed by atoms with Crippen molar-refractivity contribution in [1.29, 1.82) is 0 Å². The van der Waals surface area contributed by atoms with Gasteiger partial charge in [0.1, 0.15) is 0 Å². The number of nitrogens with zero attached hydrogens (tertiary/aromatic N) is 1. The number of nitrogens with one attached hydrogen (secondary N) is 1. The SMILES string of the molecule is CCC(C)NC(N)=NC1CC(O)C1(C)C. The van der Waals surface area contributed by atoms with Crippen molar-refractivity contribution in [3.63, 3.8) is 0 Å².